The van der Waals surface area contributed by atoms with Crippen molar-refractivity contribution in [3.8, 4) is 0 Å². The van der Waals surface area contributed by atoms with Gasteiger partial charge in [-0.15, -0.1) is 11.3 Å². The van der Waals surface area contributed by atoms with Crippen molar-refractivity contribution >= 4 is 28.1 Å². The smallest absolute Gasteiger partial charge is 0.237 e. The molecular formula is C19H23N3O2S. The van der Waals surface area contributed by atoms with Gasteiger partial charge in [-0.25, -0.2) is 0 Å². The maximum atomic E-state index is 11.4. The first-order chi connectivity index (χ1) is 12.1. The van der Waals surface area contributed by atoms with Crippen LogP contribution in [0.5, 0.6) is 0 Å². The number of carbonyl (C=O) groups excluding carboxylic acids is 1. The van der Waals surface area contributed by atoms with E-state index < -0.39 is 0 Å². The van der Waals surface area contributed by atoms with Gasteiger partial charge in [-0.1, -0.05) is 24.3 Å². The van der Waals surface area contributed by atoms with Crippen molar-refractivity contribution in [3.05, 3.63) is 57.9 Å². The molecule has 0 aliphatic carbocycles. The van der Waals surface area contributed by atoms with Crippen molar-refractivity contribution in [2.24, 2.45) is 5.73 Å². The van der Waals surface area contributed by atoms with Crippen molar-refractivity contribution in [2.75, 3.05) is 13.7 Å². The molecule has 3 aromatic rings. The van der Waals surface area contributed by atoms with Crippen LogP contribution in [0.4, 0.5) is 0 Å². The molecule has 0 unspecified atom stereocenters. The highest BCUT2D eigenvalue weighted by Gasteiger charge is 2.16. The molecule has 3 rings (SSSR count). The van der Waals surface area contributed by atoms with Gasteiger partial charge in [0.2, 0.25) is 5.91 Å². The monoisotopic (exact) mass is 357 g/mol. The number of nitrogens with zero attached hydrogens (tertiary/aromatic N) is 1. The molecule has 1 atom stereocenters. The lowest BCUT2D eigenvalue weighted by atomic mass is 10.1. The molecular weight excluding hydrogens is 334 g/mol. The fraction of sp³-hybridized carbons (Fsp3) is 0.316. The van der Waals surface area contributed by atoms with Gasteiger partial charge in [0.15, 0.2) is 0 Å². The molecule has 0 saturated carbocycles. The molecule has 0 aliphatic heterocycles. The van der Waals surface area contributed by atoms with Crippen molar-refractivity contribution in [3.63, 3.8) is 0 Å². The number of para-hydroxylation sites is 1. The molecule has 0 aliphatic rings. The number of primary amides is 1. The van der Waals surface area contributed by atoms with Crippen LogP contribution in [0.3, 0.4) is 0 Å². The van der Waals surface area contributed by atoms with E-state index in [2.05, 4.69) is 22.8 Å². The number of hydrogen-bond acceptors (Lipinski definition) is 4. The topological polar surface area (TPSA) is 69.3 Å². The molecule has 0 saturated heterocycles. The van der Waals surface area contributed by atoms with E-state index in [4.69, 9.17) is 10.5 Å². The second-order valence-electron chi connectivity index (χ2n) is 6.00. The second kappa shape index (κ2) is 7.82. The van der Waals surface area contributed by atoms with Gasteiger partial charge in [-0.3, -0.25) is 4.79 Å². The van der Waals surface area contributed by atoms with E-state index in [1.165, 1.54) is 10.4 Å². The Morgan fingerprint density at radius 1 is 1.32 bits per heavy atom. The Labute approximate surface area is 151 Å². The molecule has 0 spiro atoms. The van der Waals surface area contributed by atoms with Crippen LogP contribution in [0.25, 0.3) is 10.9 Å². The zero-order valence-corrected chi connectivity index (χ0v) is 15.3. The number of hydrogen-bond donors (Lipinski definition) is 2. The SMILES string of the molecule is CO[C@@H](CNCc1c(C)n(CC(N)=O)c2ccccc12)c1cccs1. The highest BCUT2D eigenvalue weighted by Crippen LogP contribution is 2.26. The van der Waals surface area contributed by atoms with E-state index in [0.717, 1.165) is 23.1 Å². The summed E-state index contributed by atoms with van der Waals surface area (Å²) >= 11 is 1.70. The Kier molecular flexibility index (Phi) is 5.53. The summed E-state index contributed by atoms with van der Waals surface area (Å²) in [6, 6.07) is 12.2. The van der Waals surface area contributed by atoms with Gasteiger partial charge in [0.1, 0.15) is 12.6 Å². The minimum Gasteiger partial charge on any atom is -0.375 e. The summed E-state index contributed by atoms with van der Waals surface area (Å²) in [7, 11) is 1.73. The van der Waals surface area contributed by atoms with Gasteiger partial charge in [-0.05, 0) is 30.0 Å². The maximum absolute atomic E-state index is 11.4. The summed E-state index contributed by atoms with van der Waals surface area (Å²) in [6.45, 7) is 3.67. The minimum atomic E-state index is -0.333. The molecule has 2 aromatic heterocycles. The summed E-state index contributed by atoms with van der Waals surface area (Å²) in [5.41, 5.74) is 8.71. The summed E-state index contributed by atoms with van der Waals surface area (Å²) in [4.78, 5) is 12.6. The molecule has 1 aromatic carbocycles. The van der Waals surface area contributed by atoms with Crippen LogP contribution in [-0.2, 0) is 22.6 Å². The van der Waals surface area contributed by atoms with Gasteiger partial charge >= 0.3 is 0 Å². The molecule has 0 fully saturated rings. The molecule has 0 bridgehead atoms. The number of methoxy groups -OCH3 is 1. The van der Waals surface area contributed by atoms with E-state index in [0.29, 0.717) is 6.54 Å². The lowest BCUT2D eigenvalue weighted by Gasteiger charge is -2.15. The fourth-order valence-electron chi connectivity index (χ4n) is 3.19. The number of ether oxygens (including phenoxy) is 1. The Morgan fingerprint density at radius 3 is 2.80 bits per heavy atom. The predicted octanol–water partition coefficient (Wildman–Crippen LogP) is 2.97. The molecule has 6 heteroatoms. The summed E-state index contributed by atoms with van der Waals surface area (Å²) in [5.74, 6) is -0.333. The molecule has 25 heavy (non-hydrogen) atoms. The van der Waals surface area contributed by atoms with Gasteiger partial charge in [0, 0.05) is 41.7 Å². The third-order valence-corrected chi connectivity index (χ3v) is 5.42. The average Bonchev–Trinajstić information content (AvgIpc) is 3.21. The third-order valence-electron chi connectivity index (χ3n) is 4.45. The van der Waals surface area contributed by atoms with Gasteiger partial charge in [0.05, 0.1) is 0 Å². The molecule has 5 nitrogen and oxygen atoms in total. The van der Waals surface area contributed by atoms with Gasteiger partial charge < -0.3 is 20.4 Å². The lowest BCUT2D eigenvalue weighted by Crippen LogP contribution is -2.22. The molecule has 0 radical (unpaired) electrons. The molecule has 3 N–H and O–H groups in total. The summed E-state index contributed by atoms with van der Waals surface area (Å²) in [5, 5.41) is 6.70. The first-order valence-corrected chi connectivity index (χ1v) is 9.11. The number of fused-ring (bicyclic) bond motifs is 1. The van der Waals surface area contributed by atoms with Crippen molar-refractivity contribution in [1.29, 1.82) is 0 Å². The maximum Gasteiger partial charge on any atom is 0.237 e. The Hall–Kier alpha value is -2.15. The van der Waals surface area contributed by atoms with Gasteiger partial charge in [0.25, 0.3) is 0 Å². The van der Waals surface area contributed by atoms with Crippen molar-refractivity contribution < 1.29 is 9.53 Å². The van der Waals surface area contributed by atoms with Crippen LogP contribution in [0.15, 0.2) is 41.8 Å². The highest BCUT2D eigenvalue weighted by atomic mass is 32.1. The minimum absolute atomic E-state index is 0.0410. The number of benzene rings is 1. The average molecular weight is 357 g/mol. The standard InChI is InChI=1S/C19H23N3O2S/c1-13-15(10-21-11-17(24-2)18-8-5-9-25-18)14-6-3-4-7-16(14)22(13)12-19(20)23/h3-9,17,21H,10-12H2,1-2H3,(H2,20,23)/t17-/m0/s1. The number of thiophene rings is 1. The normalized spacial score (nSPS) is 12.6. The Balaban J connectivity index is 1.79. The quantitative estimate of drug-likeness (QED) is 0.651. The number of rotatable bonds is 8. The zero-order valence-electron chi connectivity index (χ0n) is 14.5. The van der Waals surface area contributed by atoms with Gasteiger partial charge in [-0.2, -0.15) is 0 Å². The van der Waals surface area contributed by atoms with Crippen LogP contribution in [-0.4, -0.2) is 24.1 Å². The van der Waals surface area contributed by atoms with Crippen LogP contribution < -0.4 is 11.1 Å². The highest BCUT2D eigenvalue weighted by molar-refractivity contribution is 7.10. The number of amides is 1. The molecule has 132 valence electrons. The van der Waals surface area contributed by atoms with Crippen LogP contribution >= 0.6 is 11.3 Å². The van der Waals surface area contributed by atoms with Crippen LogP contribution in [0.1, 0.15) is 22.2 Å². The fourth-order valence-corrected chi connectivity index (χ4v) is 3.99. The summed E-state index contributed by atoms with van der Waals surface area (Å²) < 4.78 is 7.58. The molecule has 2 heterocycles. The first-order valence-electron chi connectivity index (χ1n) is 8.23. The number of nitrogens with one attached hydrogen (secondary N) is 1. The lowest BCUT2D eigenvalue weighted by molar-refractivity contribution is -0.118. The number of aromatic nitrogens is 1. The predicted molar refractivity (Wildman–Crippen MR) is 102 cm³/mol. The molecule has 1 amide bonds. The van der Waals surface area contributed by atoms with E-state index in [1.54, 1.807) is 18.4 Å². The summed E-state index contributed by atoms with van der Waals surface area (Å²) in [6.07, 6.45) is 0.0410. The number of carbonyl (C=O) groups is 1. The number of nitrogens with two attached hydrogens (primary N) is 1. The van der Waals surface area contributed by atoms with E-state index >= 15 is 0 Å². The first kappa shape index (κ1) is 17.7. The Morgan fingerprint density at radius 2 is 2.12 bits per heavy atom. The zero-order chi connectivity index (χ0) is 17.8. The van der Waals surface area contributed by atoms with E-state index in [1.807, 2.05) is 35.8 Å². The van der Waals surface area contributed by atoms with Crippen molar-refractivity contribution in [1.82, 2.24) is 9.88 Å². The largest absolute Gasteiger partial charge is 0.375 e. The van der Waals surface area contributed by atoms with Crippen molar-refractivity contribution in [2.45, 2.75) is 26.1 Å². The van der Waals surface area contributed by atoms with Crippen LogP contribution in [0.2, 0.25) is 0 Å². The van der Waals surface area contributed by atoms with E-state index in [-0.39, 0.29) is 18.6 Å². The third kappa shape index (κ3) is 3.76. The Bertz CT molecular complexity index is 855. The van der Waals surface area contributed by atoms with E-state index in [9.17, 15) is 4.79 Å². The van der Waals surface area contributed by atoms with Crippen LogP contribution in [0, 0.1) is 6.92 Å². The second-order valence-corrected chi connectivity index (χ2v) is 6.98.